The summed E-state index contributed by atoms with van der Waals surface area (Å²) in [6, 6.07) is 82.1. The largest absolute Gasteiger partial charge is 0.456 e. The van der Waals surface area contributed by atoms with Gasteiger partial charge in [0.25, 0.3) is 0 Å². The first-order chi connectivity index (χ1) is 36.1. The molecule has 348 valence electrons. The summed E-state index contributed by atoms with van der Waals surface area (Å²) < 4.78 is 6.75. The summed E-state index contributed by atoms with van der Waals surface area (Å²) in [5.74, 6) is 1.09. The van der Waals surface area contributed by atoms with E-state index in [2.05, 4.69) is 237 Å². The topological polar surface area (TPSA) is 37.9 Å². The molecule has 0 amide bonds. The Morgan fingerprint density at radius 1 is 0.479 bits per heavy atom. The average molecular weight is 937 g/mol. The number of amidine groups is 1. The van der Waals surface area contributed by atoms with E-state index in [0.29, 0.717) is 5.84 Å². The number of benzene rings is 10. The molecule has 1 aromatic heterocycles. The maximum Gasteiger partial charge on any atom is 0.160 e. The van der Waals surface area contributed by atoms with Gasteiger partial charge < -0.3 is 4.42 Å². The van der Waals surface area contributed by atoms with Gasteiger partial charge in [0.15, 0.2) is 5.84 Å². The van der Waals surface area contributed by atoms with Gasteiger partial charge in [-0.2, -0.15) is 0 Å². The highest BCUT2D eigenvalue weighted by Crippen LogP contribution is 2.50. The number of para-hydroxylation sites is 1. The fourth-order valence-electron chi connectivity index (χ4n) is 12.5. The standard InChI is InChI=1S/C70H52N2O/c1-44-31-39-63(67-58(38-40-65-68(67)59-27-14-15-30-64(59)73-65)55-37-36-51-42-49-21-8-9-22-50(49)43-61(51)53-24-11-10-23-52(53)55)71-70(48-34-32-47(33-35-48)46-19-6-3-7-20-46)72-69(44)60-29-16-28-57-62(41-45-17-4-2-5-18-45)54-25-12-13-26-56(54)66(57)60/h2-30,32-35,38-40,42-44,55,62H,31,36-37,41H2,1H3/b63-39+,71-70-,72-69+. The molecule has 10 aromatic carbocycles. The summed E-state index contributed by atoms with van der Waals surface area (Å²) in [6.45, 7) is 2.35. The van der Waals surface area contributed by atoms with E-state index in [1.165, 1.54) is 77.5 Å². The predicted molar refractivity (Wildman–Crippen MR) is 304 cm³/mol. The van der Waals surface area contributed by atoms with Crippen LogP contribution in [0, 0.1) is 5.92 Å². The van der Waals surface area contributed by atoms with E-state index in [4.69, 9.17) is 14.4 Å². The Bertz CT molecular complexity index is 4040. The number of hydrogen-bond acceptors (Lipinski definition) is 3. The van der Waals surface area contributed by atoms with Crippen molar-refractivity contribution >= 4 is 50.0 Å². The molecule has 2 aliphatic carbocycles. The maximum absolute atomic E-state index is 6.75. The zero-order valence-electron chi connectivity index (χ0n) is 40.8. The van der Waals surface area contributed by atoms with Gasteiger partial charge >= 0.3 is 0 Å². The minimum Gasteiger partial charge on any atom is -0.456 e. The molecule has 73 heavy (non-hydrogen) atoms. The fourth-order valence-corrected chi connectivity index (χ4v) is 12.5. The van der Waals surface area contributed by atoms with Crippen molar-refractivity contribution in [2.24, 2.45) is 15.9 Å². The Hall–Kier alpha value is -8.66. The van der Waals surface area contributed by atoms with Crippen LogP contribution in [0.3, 0.4) is 0 Å². The molecule has 3 unspecified atom stereocenters. The molecule has 0 saturated heterocycles. The van der Waals surface area contributed by atoms with E-state index in [1.54, 1.807) is 0 Å². The summed E-state index contributed by atoms with van der Waals surface area (Å²) >= 11 is 0. The predicted octanol–water partition coefficient (Wildman–Crippen LogP) is 17.8. The third kappa shape index (κ3) is 7.49. The fraction of sp³-hybridized carbons (Fsp3) is 0.114. The van der Waals surface area contributed by atoms with Crippen molar-refractivity contribution < 1.29 is 4.42 Å². The van der Waals surface area contributed by atoms with Crippen LogP contribution in [0.2, 0.25) is 0 Å². The van der Waals surface area contributed by atoms with Crippen LogP contribution in [0.5, 0.6) is 0 Å². The van der Waals surface area contributed by atoms with Crippen molar-refractivity contribution in [3.05, 3.63) is 281 Å². The van der Waals surface area contributed by atoms with Crippen molar-refractivity contribution in [3.8, 4) is 33.4 Å². The lowest BCUT2D eigenvalue weighted by Crippen LogP contribution is -2.18. The zero-order valence-corrected chi connectivity index (χ0v) is 40.8. The molecule has 0 N–H and O–H groups in total. The lowest BCUT2D eigenvalue weighted by Gasteiger charge is -2.24. The number of rotatable bonds is 7. The van der Waals surface area contributed by atoms with Gasteiger partial charge in [0.1, 0.15) is 11.2 Å². The van der Waals surface area contributed by atoms with Crippen LogP contribution in [-0.4, -0.2) is 11.5 Å². The first-order valence-electron chi connectivity index (χ1n) is 26.0. The second-order valence-corrected chi connectivity index (χ2v) is 20.2. The monoisotopic (exact) mass is 936 g/mol. The maximum atomic E-state index is 6.75. The smallest absolute Gasteiger partial charge is 0.160 e. The van der Waals surface area contributed by atoms with Crippen molar-refractivity contribution in [2.45, 2.75) is 44.4 Å². The molecule has 0 spiro atoms. The Morgan fingerprint density at radius 3 is 1.97 bits per heavy atom. The van der Waals surface area contributed by atoms with E-state index >= 15 is 0 Å². The van der Waals surface area contributed by atoms with Gasteiger partial charge in [-0.15, -0.1) is 0 Å². The molecule has 0 fully saturated rings. The van der Waals surface area contributed by atoms with Crippen LogP contribution in [0.15, 0.2) is 245 Å². The van der Waals surface area contributed by atoms with Crippen LogP contribution < -0.4 is 0 Å². The SMILES string of the molecule is CC1C/C=C(c2c(C3CCc4cc5ccccc5cc4-c4ccccc43)ccc3oc4ccccc4c23)/N=C(c2ccc(-c3ccccc3)cc2)\N=C/1c1cccc2c1-c1ccccc1C2Cc1ccccc1. The lowest BCUT2D eigenvalue weighted by molar-refractivity contribution is 0.667. The Morgan fingerprint density at radius 2 is 1.14 bits per heavy atom. The second kappa shape index (κ2) is 17.9. The van der Waals surface area contributed by atoms with E-state index < -0.39 is 0 Å². The van der Waals surface area contributed by atoms with Crippen molar-refractivity contribution in [2.75, 3.05) is 0 Å². The van der Waals surface area contributed by atoms with Crippen LogP contribution in [0.25, 0.3) is 71.8 Å². The molecule has 0 radical (unpaired) electrons. The highest BCUT2D eigenvalue weighted by molar-refractivity contribution is 6.19. The molecule has 0 saturated carbocycles. The van der Waals surface area contributed by atoms with Gasteiger partial charge in [-0.1, -0.05) is 219 Å². The quantitative estimate of drug-likeness (QED) is 0.157. The molecular weight excluding hydrogens is 885 g/mol. The minimum atomic E-state index is 0.0573. The van der Waals surface area contributed by atoms with E-state index in [9.17, 15) is 0 Å². The molecule has 2 heterocycles. The summed E-state index contributed by atoms with van der Waals surface area (Å²) in [5, 5.41) is 4.75. The molecule has 3 heteroatoms. The average Bonchev–Trinajstić information content (AvgIpc) is 3.93. The van der Waals surface area contributed by atoms with Gasteiger partial charge in [0.2, 0.25) is 0 Å². The molecular formula is C70H52N2O. The van der Waals surface area contributed by atoms with Crippen molar-refractivity contribution in [1.29, 1.82) is 0 Å². The number of furan rings is 1. The summed E-state index contributed by atoms with van der Waals surface area (Å²) in [6.07, 6.45) is 6.00. The van der Waals surface area contributed by atoms with Crippen molar-refractivity contribution in [3.63, 3.8) is 0 Å². The zero-order chi connectivity index (χ0) is 48.4. The molecule has 0 bridgehead atoms. The van der Waals surface area contributed by atoms with Crippen LogP contribution in [-0.2, 0) is 12.8 Å². The number of hydrogen-bond donors (Lipinski definition) is 0. The molecule has 1 aliphatic heterocycles. The number of fused-ring (bicyclic) bond motifs is 10. The molecule has 11 aromatic rings. The highest BCUT2D eigenvalue weighted by atomic mass is 16.3. The summed E-state index contributed by atoms with van der Waals surface area (Å²) in [7, 11) is 0. The van der Waals surface area contributed by atoms with E-state index in [1.807, 2.05) is 0 Å². The minimum absolute atomic E-state index is 0.0573. The number of aliphatic imine (C=N–C) groups is 2. The van der Waals surface area contributed by atoms with E-state index in [-0.39, 0.29) is 17.8 Å². The Kier molecular flexibility index (Phi) is 10.6. The third-order valence-electron chi connectivity index (χ3n) is 16.0. The number of aryl methyl sites for hydroxylation is 1. The number of allylic oxidation sites excluding steroid dienone is 1. The summed E-state index contributed by atoms with van der Waals surface area (Å²) in [5.41, 5.74) is 22.7. The first kappa shape index (κ1) is 43.2. The molecule has 3 atom stereocenters. The second-order valence-electron chi connectivity index (χ2n) is 20.2. The normalized spacial score (nSPS) is 19.2. The van der Waals surface area contributed by atoms with Gasteiger partial charge in [0, 0.05) is 45.2 Å². The third-order valence-corrected chi connectivity index (χ3v) is 16.0. The van der Waals surface area contributed by atoms with Gasteiger partial charge in [-0.05, 0) is 121 Å². The van der Waals surface area contributed by atoms with E-state index in [0.717, 1.165) is 75.7 Å². The highest BCUT2D eigenvalue weighted by Gasteiger charge is 2.34. The van der Waals surface area contributed by atoms with Crippen molar-refractivity contribution in [1.82, 2.24) is 0 Å². The van der Waals surface area contributed by atoms with Gasteiger partial charge in [0.05, 0.1) is 11.4 Å². The van der Waals surface area contributed by atoms with Crippen LogP contribution >= 0.6 is 0 Å². The van der Waals surface area contributed by atoms with Crippen LogP contribution in [0.4, 0.5) is 0 Å². The lowest BCUT2D eigenvalue weighted by atomic mass is 9.81. The van der Waals surface area contributed by atoms with Gasteiger partial charge in [-0.3, -0.25) is 0 Å². The van der Waals surface area contributed by atoms with Crippen LogP contribution in [0.1, 0.15) is 81.7 Å². The Balaban J connectivity index is 0.981. The molecule has 3 nitrogen and oxygen atoms in total. The first-order valence-corrected chi connectivity index (χ1v) is 26.0. The number of nitrogens with zero attached hydrogens (tertiary/aromatic N) is 2. The summed E-state index contributed by atoms with van der Waals surface area (Å²) in [4.78, 5) is 11.8. The van der Waals surface area contributed by atoms with Gasteiger partial charge in [-0.25, -0.2) is 9.98 Å². The Labute approximate surface area is 426 Å². The molecule has 3 aliphatic rings. The molecule has 14 rings (SSSR count).